The van der Waals surface area contributed by atoms with Gasteiger partial charge in [-0.1, -0.05) is 13.8 Å². The first-order valence-electron chi connectivity index (χ1n) is 7.95. The van der Waals surface area contributed by atoms with E-state index >= 15 is 0 Å². The summed E-state index contributed by atoms with van der Waals surface area (Å²) in [4.78, 5) is 15.6. The molecule has 0 saturated heterocycles. The van der Waals surface area contributed by atoms with E-state index in [9.17, 15) is 9.90 Å². The lowest BCUT2D eigenvalue weighted by atomic mass is 9.77. The molecular weight excluding hydrogens is 308 g/mol. The van der Waals surface area contributed by atoms with Gasteiger partial charge >= 0.3 is 5.97 Å². The number of carbonyl (C=O) groups is 1. The summed E-state index contributed by atoms with van der Waals surface area (Å²) in [5.41, 5.74) is 2.60. The van der Waals surface area contributed by atoms with Crippen molar-refractivity contribution in [2.75, 3.05) is 19.0 Å². The second-order valence-corrected chi connectivity index (χ2v) is 6.92. The molecule has 1 aliphatic carbocycles. The number of methoxy groups -OCH3 is 1. The highest BCUT2D eigenvalue weighted by molar-refractivity contribution is 6.02. The van der Waals surface area contributed by atoms with Crippen LogP contribution < -0.4 is 10.1 Å². The van der Waals surface area contributed by atoms with Crippen molar-refractivity contribution in [3.8, 4) is 5.75 Å². The van der Waals surface area contributed by atoms with Gasteiger partial charge in [0.2, 0.25) is 0 Å². The van der Waals surface area contributed by atoms with E-state index in [1.165, 1.54) is 0 Å². The molecule has 0 saturated carbocycles. The second kappa shape index (κ2) is 6.19. The summed E-state index contributed by atoms with van der Waals surface area (Å²) in [6.07, 6.45) is 1.52. The number of hydrogen-bond acceptors (Lipinski definition) is 5. The number of nitrogens with one attached hydrogen (secondary N) is 1. The third-order valence-corrected chi connectivity index (χ3v) is 4.21. The topological polar surface area (TPSA) is 80.2 Å². The minimum atomic E-state index is -0.949. The Morgan fingerprint density at radius 1 is 1.33 bits per heavy atom. The van der Waals surface area contributed by atoms with Crippen LogP contribution in [0.2, 0.25) is 0 Å². The normalized spacial score (nSPS) is 22.1. The van der Waals surface area contributed by atoms with Crippen molar-refractivity contribution < 1.29 is 19.4 Å². The summed E-state index contributed by atoms with van der Waals surface area (Å²) in [6, 6.07) is 6.83. The Morgan fingerprint density at radius 2 is 2.04 bits per heavy atom. The predicted molar refractivity (Wildman–Crippen MR) is 91.5 cm³/mol. The molecule has 1 heterocycles. The van der Waals surface area contributed by atoms with Crippen LogP contribution in [0.1, 0.15) is 26.7 Å². The van der Waals surface area contributed by atoms with Gasteiger partial charge in [-0.25, -0.2) is 4.79 Å². The molecule has 1 aromatic carbocycles. The molecule has 0 aromatic heterocycles. The van der Waals surface area contributed by atoms with Crippen LogP contribution in [0.25, 0.3) is 0 Å². The van der Waals surface area contributed by atoms with Crippen molar-refractivity contribution in [2.45, 2.75) is 32.7 Å². The van der Waals surface area contributed by atoms with E-state index in [4.69, 9.17) is 9.47 Å². The fourth-order valence-corrected chi connectivity index (χ4v) is 3.07. The van der Waals surface area contributed by atoms with Crippen LogP contribution in [0, 0.1) is 5.41 Å². The molecule has 0 amide bonds. The fourth-order valence-electron chi connectivity index (χ4n) is 3.07. The maximum absolute atomic E-state index is 11.2. The Morgan fingerprint density at radius 3 is 2.67 bits per heavy atom. The standard InChI is InChI=1S/C18H22N2O4/c1-18(2)8-13(19-11-4-6-12(23-3)7-5-11)16-14(9-18)20-15(10-24-16)17(21)22/h4-7,15,19H,8-10H2,1-3H3,(H,21,22). The van der Waals surface area contributed by atoms with Crippen LogP contribution in [0.3, 0.4) is 0 Å². The number of carboxylic acids is 1. The molecule has 2 N–H and O–H groups in total. The van der Waals surface area contributed by atoms with E-state index < -0.39 is 12.0 Å². The second-order valence-electron chi connectivity index (χ2n) is 6.92. The average Bonchev–Trinajstić information content (AvgIpc) is 2.54. The predicted octanol–water partition coefficient (Wildman–Crippen LogP) is 3.06. The smallest absolute Gasteiger partial charge is 0.332 e. The molecule has 128 valence electrons. The van der Waals surface area contributed by atoms with Gasteiger partial charge in [0.25, 0.3) is 0 Å². The zero-order valence-corrected chi connectivity index (χ0v) is 14.1. The highest BCUT2D eigenvalue weighted by Gasteiger charge is 2.37. The van der Waals surface area contributed by atoms with Gasteiger partial charge in [0.15, 0.2) is 11.8 Å². The van der Waals surface area contributed by atoms with E-state index in [0.29, 0.717) is 12.2 Å². The highest BCUT2D eigenvalue weighted by Crippen LogP contribution is 2.39. The average molecular weight is 330 g/mol. The number of carboxylic acid groups (broad SMARTS) is 1. The molecule has 3 rings (SSSR count). The van der Waals surface area contributed by atoms with Crippen molar-refractivity contribution in [2.24, 2.45) is 10.4 Å². The molecular formula is C18H22N2O4. The van der Waals surface area contributed by atoms with Crippen molar-refractivity contribution in [3.05, 3.63) is 35.7 Å². The minimum absolute atomic E-state index is 0.0130. The van der Waals surface area contributed by atoms with Crippen LogP contribution in [0.4, 0.5) is 5.69 Å². The van der Waals surface area contributed by atoms with Crippen LogP contribution in [0.5, 0.6) is 5.75 Å². The summed E-state index contributed by atoms with van der Waals surface area (Å²) < 4.78 is 10.9. The van der Waals surface area contributed by atoms with E-state index in [1.54, 1.807) is 7.11 Å². The number of anilines is 1. The fraction of sp³-hybridized carbons (Fsp3) is 0.444. The molecule has 0 radical (unpaired) electrons. The van der Waals surface area contributed by atoms with E-state index in [1.807, 2.05) is 24.3 Å². The molecule has 1 atom stereocenters. The number of benzene rings is 1. The van der Waals surface area contributed by atoms with Gasteiger partial charge < -0.3 is 19.9 Å². The van der Waals surface area contributed by atoms with E-state index in [0.717, 1.165) is 29.3 Å². The Balaban J connectivity index is 1.91. The van der Waals surface area contributed by atoms with Gasteiger partial charge in [-0.2, -0.15) is 0 Å². The molecule has 1 aromatic rings. The zero-order chi connectivity index (χ0) is 17.3. The lowest BCUT2D eigenvalue weighted by molar-refractivity contribution is -0.139. The van der Waals surface area contributed by atoms with Crippen molar-refractivity contribution in [1.82, 2.24) is 0 Å². The number of hydrogen-bond donors (Lipinski definition) is 2. The number of aliphatic imine (C=N–C) groups is 1. The Labute approximate surface area is 141 Å². The number of rotatable bonds is 4. The van der Waals surface area contributed by atoms with Crippen LogP contribution >= 0.6 is 0 Å². The first-order valence-corrected chi connectivity index (χ1v) is 7.95. The lowest BCUT2D eigenvalue weighted by Crippen LogP contribution is -2.37. The van der Waals surface area contributed by atoms with Gasteiger partial charge in [0, 0.05) is 5.69 Å². The molecule has 0 fully saturated rings. The molecule has 6 nitrogen and oxygen atoms in total. The quantitative estimate of drug-likeness (QED) is 0.887. The highest BCUT2D eigenvalue weighted by atomic mass is 16.5. The van der Waals surface area contributed by atoms with Gasteiger partial charge in [-0.05, 0) is 42.5 Å². The van der Waals surface area contributed by atoms with Gasteiger partial charge in [-0.15, -0.1) is 0 Å². The van der Waals surface area contributed by atoms with Crippen molar-refractivity contribution in [3.63, 3.8) is 0 Å². The van der Waals surface area contributed by atoms with Gasteiger partial charge in [0.05, 0.1) is 18.5 Å². The summed E-state index contributed by atoms with van der Waals surface area (Å²) in [5.74, 6) is 0.542. The molecule has 2 aliphatic rings. The lowest BCUT2D eigenvalue weighted by Gasteiger charge is -2.36. The Kier molecular flexibility index (Phi) is 4.22. The summed E-state index contributed by atoms with van der Waals surface area (Å²) in [7, 11) is 1.63. The van der Waals surface area contributed by atoms with Gasteiger partial charge in [0.1, 0.15) is 12.4 Å². The number of ether oxygens (including phenoxy) is 2. The summed E-state index contributed by atoms with van der Waals surface area (Å²) in [6.45, 7) is 4.36. The number of allylic oxidation sites excluding steroid dienone is 2. The van der Waals surface area contributed by atoms with Crippen molar-refractivity contribution in [1.29, 1.82) is 0 Å². The van der Waals surface area contributed by atoms with Crippen LogP contribution in [-0.2, 0) is 9.53 Å². The minimum Gasteiger partial charge on any atom is -0.497 e. The molecule has 6 heteroatoms. The first-order chi connectivity index (χ1) is 11.4. The summed E-state index contributed by atoms with van der Waals surface area (Å²) in [5, 5.41) is 12.6. The Bertz CT molecular complexity index is 704. The maximum Gasteiger partial charge on any atom is 0.332 e. The number of nitrogens with zero attached hydrogens (tertiary/aromatic N) is 1. The van der Waals surface area contributed by atoms with Gasteiger partial charge in [-0.3, -0.25) is 4.99 Å². The first kappa shape index (κ1) is 16.4. The molecule has 1 aliphatic heterocycles. The van der Waals surface area contributed by atoms with E-state index in [2.05, 4.69) is 24.2 Å². The third kappa shape index (κ3) is 3.37. The van der Waals surface area contributed by atoms with E-state index in [-0.39, 0.29) is 12.0 Å². The molecule has 0 spiro atoms. The molecule has 24 heavy (non-hydrogen) atoms. The molecule has 0 bridgehead atoms. The Hall–Kier alpha value is -2.50. The van der Waals surface area contributed by atoms with Crippen molar-refractivity contribution >= 4 is 17.4 Å². The summed E-state index contributed by atoms with van der Waals surface area (Å²) >= 11 is 0. The number of aliphatic carboxylic acids is 1. The largest absolute Gasteiger partial charge is 0.497 e. The van der Waals surface area contributed by atoms with Crippen LogP contribution in [0.15, 0.2) is 40.7 Å². The van der Waals surface area contributed by atoms with Crippen LogP contribution in [-0.4, -0.2) is 36.5 Å². The third-order valence-electron chi connectivity index (χ3n) is 4.21. The SMILES string of the molecule is COc1ccc(NC2=C3OCC(C(=O)O)N=C3CC(C)(C)C2)cc1. The monoisotopic (exact) mass is 330 g/mol. The maximum atomic E-state index is 11.2. The number of fused-ring (bicyclic) bond motifs is 1. The molecule has 1 unspecified atom stereocenters. The zero-order valence-electron chi connectivity index (χ0n) is 14.1.